The minimum Gasteiger partial charge on any atom is -0.486 e. The third-order valence-corrected chi connectivity index (χ3v) is 4.90. The highest BCUT2D eigenvalue weighted by Crippen LogP contribution is 2.22. The number of nitrogens with zero attached hydrogens (tertiary/aromatic N) is 4. The molecule has 2 aromatic heterocycles. The summed E-state index contributed by atoms with van der Waals surface area (Å²) >= 11 is 3.46. The minimum atomic E-state index is -0.474. The lowest BCUT2D eigenvalue weighted by atomic mass is 10.2. The van der Waals surface area contributed by atoms with Crippen LogP contribution in [0.15, 0.2) is 39.5 Å². The van der Waals surface area contributed by atoms with Gasteiger partial charge in [-0.2, -0.15) is 5.10 Å². The van der Waals surface area contributed by atoms with Crippen LogP contribution in [-0.2, 0) is 19.7 Å². The van der Waals surface area contributed by atoms with Gasteiger partial charge in [-0.3, -0.25) is 9.48 Å². The first-order valence-electron chi connectivity index (χ1n) is 8.70. The van der Waals surface area contributed by atoms with Crippen LogP contribution in [0.1, 0.15) is 34.4 Å². The number of benzene rings is 1. The summed E-state index contributed by atoms with van der Waals surface area (Å²) in [4.78, 5) is 14.4. The molecule has 9 heteroatoms. The van der Waals surface area contributed by atoms with Crippen LogP contribution in [0, 0.1) is 12.7 Å². The summed E-state index contributed by atoms with van der Waals surface area (Å²) in [7, 11) is 1.66. The lowest BCUT2D eigenvalue weighted by molar-refractivity contribution is 0.0770. The van der Waals surface area contributed by atoms with Crippen molar-refractivity contribution in [3.8, 4) is 5.75 Å². The van der Waals surface area contributed by atoms with Crippen molar-refractivity contribution < 1.29 is 18.4 Å². The zero-order valence-electron chi connectivity index (χ0n) is 15.8. The Balaban J connectivity index is 1.75. The van der Waals surface area contributed by atoms with E-state index in [4.69, 9.17) is 9.26 Å². The number of ether oxygens (including phenoxy) is 1. The Labute approximate surface area is 170 Å². The second-order valence-electron chi connectivity index (χ2n) is 6.23. The molecule has 0 unspecified atom stereocenters. The molecule has 0 saturated carbocycles. The molecule has 0 aliphatic rings. The van der Waals surface area contributed by atoms with Gasteiger partial charge in [-0.05, 0) is 41.9 Å². The predicted molar refractivity (Wildman–Crippen MR) is 103 cm³/mol. The van der Waals surface area contributed by atoms with Crippen LogP contribution in [0.4, 0.5) is 4.39 Å². The van der Waals surface area contributed by atoms with Crippen molar-refractivity contribution in [3.63, 3.8) is 0 Å². The first-order chi connectivity index (χ1) is 13.4. The fourth-order valence-corrected chi connectivity index (χ4v) is 3.07. The molecule has 1 amide bonds. The molecule has 0 saturated heterocycles. The fraction of sp³-hybridized carbons (Fsp3) is 0.316. The van der Waals surface area contributed by atoms with E-state index in [1.54, 1.807) is 30.8 Å². The standard InChI is InChI=1S/C19H20BrFN4O3/c1-4-25-9-14(20)16(22-25)10-24(3)19(26)18-13(12(2)28-23-18)11-27-17-8-6-5-7-15(17)21/h5-9H,4,10-11H2,1-3H3. The smallest absolute Gasteiger partial charge is 0.276 e. The summed E-state index contributed by atoms with van der Waals surface area (Å²) in [5.41, 5.74) is 1.36. The van der Waals surface area contributed by atoms with Crippen LogP contribution in [0.5, 0.6) is 5.75 Å². The average Bonchev–Trinajstić information content (AvgIpc) is 3.22. The number of hydrogen-bond donors (Lipinski definition) is 0. The zero-order chi connectivity index (χ0) is 20.3. The van der Waals surface area contributed by atoms with E-state index in [0.29, 0.717) is 17.9 Å². The predicted octanol–water partition coefficient (Wildman–Crippen LogP) is 3.95. The second kappa shape index (κ2) is 8.55. The third-order valence-electron chi connectivity index (χ3n) is 4.24. The van der Waals surface area contributed by atoms with Crippen molar-refractivity contribution in [2.75, 3.05) is 7.05 Å². The Bertz CT molecular complexity index is 985. The Morgan fingerprint density at radius 3 is 2.82 bits per heavy atom. The molecule has 148 valence electrons. The number of aromatic nitrogens is 3. The molecule has 0 radical (unpaired) electrons. The van der Waals surface area contributed by atoms with Gasteiger partial charge in [-0.1, -0.05) is 17.3 Å². The van der Waals surface area contributed by atoms with E-state index in [1.165, 1.54) is 17.0 Å². The second-order valence-corrected chi connectivity index (χ2v) is 7.08. The van der Waals surface area contributed by atoms with Gasteiger partial charge < -0.3 is 14.2 Å². The van der Waals surface area contributed by atoms with Crippen molar-refractivity contribution in [2.45, 2.75) is 33.5 Å². The van der Waals surface area contributed by atoms with Gasteiger partial charge in [0.25, 0.3) is 5.91 Å². The molecule has 0 bridgehead atoms. The van der Waals surface area contributed by atoms with Gasteiger partial charge in [0.1, 0.15) is 12.4 Å². The van der Waals surface area contributed by atoms with Crippen LogP contribution >= 0.6 is 15.9 Å². The Morgan fingerprint density at radius 1 is 1.39 bits per heavy atom. The van der Waals surface area contributed by atoms with E-state index in [-0.39, 0.29) is 24.0 Å². The van der Waals surface area contributed by atoms with Crippen LogP contribution in [-0.4, -0.2) is 32.8 Å². The summed E-state index contributed by atoms with van der Waals surface area (Å²) in [6.45, 7) is 4.67. The van der Waals surface area contributed by atoms with Crippen molar-refractivity contribution in [1.82, 2.24) is 19.8 Å². The molecule has 3 rings (SSSR count). The van der Waals surface area contributed by atoms with Gasteiger partial charge in [0.2, 0.25) is 0 Å². The summed E-state index contributed by atoms with van der Waals surface area (Å²) in [6, 6.07) is 6.08. The Kier molecular flexibility index (Phi) is 6.13. The summed E-state index contributed by atoms with van der Waals surface area (Å²) in [5.74, 6) is -0.256. The molecule has 28 heavy (non-hydrogen) atoms. The SMILES string of the molecule is CCn1cc(Br)c(CN(C)C(=O)c2noc(C)c2COc2ccccc2F)n1. The maximum Gasteiger partial charge on any atom is 0.276 e. The number of carbonyl (C=O) groups is 1. The van der Waals surface area contributed by atoms with E-state index < -0.39 is 5.82 Å². The maximum absolute atomic E-state index is 13.8. The number of halogens is 2. The number of para-hydroxylation sites is 1. The van der Waals surface area contributed by atoms with E-state index in [2.05, 4.69) is 26.2 Å². The number of rotatable bonds is 7. The van der Waals surface area contributed by atoms with Gasteiger partial charge in [0.15, 0.2) is 17.3 Å². The lowest BCUT2D eigenvalue weighted by Gasteiger charge is -2.15. The van der Waals surface area contributed by atoms with Crippen LogP contribution in [0.2, 0.25) is 0 Å². The fourth-order valence-electron chi connectivity index (χ4n) is 2.62. The van der Waals surface area contributed by atoms with E-state index in [0.717, 1.165) is 16.7 Å². The van der Waals surface area contributed by atoms with Crippen molar-refractivity contribution in [3.05, 3.63) is 63.5 Å². The third kappa shape index (κ3) is 4.24. The average molecular weight is 451 g/mol. The first-order valence-corrected chi connectivity index (χ1v) is 9.49. The van der Waals surface area contributed by atoms with Gasteiger partial charge in [-0.15, -0.1) is 0 Å². The number of carbonyl (C=O) groups excluding carboxylic acids is 1. The van der Waals surface area contributed by atoms with Gasteiger partial charge in [0.05, 0.1) is 22.3 Å². The molecular weight excluding hydrogens is 431 g/mol. The van der Waals surface area contributed by atoms with Crippen molar-refractivity contribution >= 4 is 21.8 Å². The molecule has 3 aromatic rings. The first kappa shape index (κ1) is 20.1. The summed E-state index contributed by atoms with van der Waals surface area (Å²) in [5, 5.41) is 8.30. The highest BCUT2D eigenvalue weighted by Gasteiger charge is 2.24. The molecule has 0 spiro atoms. The summed E-state index contributed by atoms with van der Waals surface area (Å²) < 4.78 is 27.1. The molecule has 2 heterocycles. The van der Waals surface area contributed by atoms with Gasteiger partial charge >= 0.3 is 0 Å². The lowest BCUT2D eigenvalue weighted by Crippen LogP contribution is -2.28. The van der Waals surface area contributed by atoms with E-state index in [9.17, 15) is 9.18 Å². The van der Waals surface area contributed by atoms with Crippen molar-refractivity contribution in [2.24, 2.45) is 0 Å². The molecule has 0 aliphatic carbocycles. The molecule has 7 nitrogen and oxygen atoms in total. The maximum atomic E-state index is 13.8. The van der Waals surface area contributed by atoms with Gasteiger partial charge in [-0.25, -0.2) is 4.39 Å². The number of amides is 1. The summed E-state index contributed by atoms with van der Waals surface area (Å²) in [6.07, 6.45) is 1.86. The Morgan fingerprint density at radius 2 is 2.14 bits per heavy atom. The molecule has 0 aliphatic heterocycles. The number of aryl methyl sites for hydroxylation is 2. The normalized spacial score (nSPS) is 10.9. The highest BCUT2D eigenvalue weighted by molar-refractivity contribution is 9.10. The van der Waals surface area contributed by atoms with Crippen LogP contribution < -0.4 is 4.74 Å². The van der Waals surface area contributed by atoms with Gasteiger partial charge in [0, 0.05) is 19.8 Å². The largest absolute Gasteiger partial charge is 0.486 e. The van der Waals surface area contributed by atoms with Crippen LogP contribution in [0.3, 0.4) is 0 Å². The molecule has 0 fully saturated rings. The zero-order valence-corrected chi connectivity index (χ0v) is 17.4. The number of hydrogen-bond acceptors (Lipinski definition) is 5. The van der Waals surface area contributed by atoms with E-state index >= 15 is 0 Å². The minimum absolute atomic E-state index is 0.0284. The van der Waals surface area contributed by atoms with Crippen LogP contribution in [0.25, 0.3) is 0 Å². The Hall–Kier alpha value is -2.68. The quantitative estimate of drug-likeness (QED) is 0.544. The molecule has 1 aromatic carbocycles. The monoisotopic (exact) mass is 450 g/mol. The van der Waals surface area contributed by atoms with Crippen molar-refractivity contribution in [1.29, 1.82) is 0 Å². The molecule has 0 atom stereocenters. The van der Waals surface area contributed by atoms with E-state index in [1.807, 2.05) is 13.1 Å². The topological polar surface area (TPSA) is 73.4 Å². The molecular formula is C19H20BrFN4O3. The molecule has 0 N–H and O–H groups in total. The highest BCUT2D eigenvalue weighted by atomic mass is 79.9.